The molecule has 2 nitrogen and oxygen atoms in total. The average molecular weight is 228 g/mol. The van der Waals surface area contributed by atoms with Crippen molar-refractivity contribution in [2.45, 2.75) is 6.92 Å². The highest BCUT2D eigenvalue weighted by Gasteiger charge is 2.10. The number of rotatable bonds is 1. The Bertz CT molecular complexity index is 516. The highest BCUT2D eigenvalue weighted by molar-refractivity contribution is 6.38. The van der Waals surface area contributed by atoms with Crippen LogP contribution in [0, 0.1) is 6.92 Å². The third kappa shape index (κ3) is 1.31. The van der Waals surface area contributed by atoms with Crippen LogP contribution < -0.4 is 0 Å². The smallest absolute Gasteiger partial charge is 0.166 e. The van der Waals surface area contributed by atoms with E-state index in [0.29, 0.717) is 15.7 Å². The van der Waals surface area contributed by atoms with Crippen molar-refractivity contribution in [3.8, 4) is 0 Å². The lowest BCUT2D eigenvalue weighted by atomic mass is 10.1. The van der Waals surface area contributed by atoms with Gasteiger partial charge in [0.1, 0.15) is 0 Å². The zero-order chi connectivity index (χ0) is 10.3. The Morgan fingerprint density at radius 1 is 1.36 bits per heavy atom. The molecule has 0 saturated carbocycles. The van der Waals surface area contributed by atoms with E-state index < -0.39 is 0 Å². The summed E-state index contributed by atoms with van der Waals surface area (Å²) in [5, 5.41) is 2.00. The van der Waals surface area contributed by atoms with E-state index in [9.17, 15) is 4.79 Å². The molecule has 0 unspecified atom stereocenters. The quantitative estimate of drug-likeness (QED) is 0.743. The van der Waals surface area contributed by atoms with E-state index in [0.717, 1.165) is 22.8 Å². The summed E-state index contributed by atoms with van der Waals surface area (Å²) in [7, 11) is 0. The maximum atomic E-state index is 10.7. The lowest BCUT2D eigenvalue weighted by Crippen LogP contribution is -1.80. The second-order valence-electron chi connectivity index (χ2n) is 3.09. The Balaban J connectivity index is 2.91. The van der Waals surface area contributed by atoms with E-state index in [2.05, 4.69) is 4.98 Å². The molecule has 0 aliphatic carbocycles. The zero-order valence-electron chi connectivity index (χ0n) is 7.40. The highest BCUT2D eigenvalue weighted by Crippen LogP contribution is 2.30. The zero-order valence-corrected chi connectivity index (χ0v) is 8.91. The van der Waals surface area contributed by atoms with Crippen molar-refractivity contribution in [2.75, 3.05) is 0 Å². The second kappa shape index (κ2) is 3.30. The molecule has 0 atom stereocenters. The molecule has 0 fully saturated rings. The number of aromatic nitrogens is 1. The van der Waals surface area contributed by atoms with Crippen molar-refractivity contribution < 1.29 is 4.79 Å². The summed E-state index contributed by atoms with van der Waals surface area (Å²) >= 11 is 11.8. The number of aldehydes is 1. The van der Waals surface area contributed by atoms with E-state index >= 15 is 0 Å². The van der Waals surface area contributed by atoms with Gasteiger partial charge in [-0.1, -0.05) is 23.2 Å². The first kappa shape index (κ1) is 9.56. The molecular formula is C10H7Cl2NO. The van der Waals surface area contributed by atoms with Crippen LogP contribution >= 0.6 is 23.2 Å². The number of halogens is 2. The van der Waals surface area contributed by atoms with Crippen LogP contribution in [0.3, 0.4) is 0 Å². The normalized spacial score (nSPS) is 10.8. The van der Waals surface area contributed by atoms with Gasteiger partial charge in [0.15, 0.2) is 6.29 Å². The Morgan fingerprint density at radius 2 is 2.07 bits per heavy atom. The Labute approximate surface area is 90.8 Å². The fraction of sp³-hybridized carbons (Fsp3) is 0.100. The lowest BCUT2D eigenvalue weighted by molar-refractivity contribution is 0.111. The molecule has 4 heteroatoms. The first-order valence-corrected chi connectivity index (χ1v) is 4.81. The molecule has 1 N–H and O–H groups in total. The van der Waals surface area contributed by atoms with Gasteiger partial charge in [-0.05, 0) is 24.6 Å². The first-order chi connectivity index (χ1) is 6.63. The molecule has 0 radical (unpaired) electrons. The molecule has 2 rings (SSSR count). The van der Waals surface area contributed by atoms with Crippen LogP contribution in [0.4, 0.5) is 0 Å². The van der Waals surface area contributed by atoms with Crippen LogP contribution in [-0.2, 0) is 0 Å². The van der Waals surface area contributed by atoms with Gasteiger partial charge in [0, 0.05) is 10.4 Å². The third-order valence-corrected chi connectivity index (χ3v) is 2.76. The number of hydrogen-bond acceptors (Lipinski definition) is 1. The maximum absolute atomic E-state index is 10.7. The van der Waals surface area contributed by atoms with Crippen molar-refractivity contribution in [3.05, 3.63) is 33.4 Å². The minimum atomic E-state index is 0.531. The largest absolute Gasteiger partial charge is 0.351 e. The predicted molar refractivity (Wildman–Crippen MR) is 58.4 cm³/mol. The van der Waals surface area contributed by atoms with E-state index in [-0.39, 0.29) is 0 Å². The minimum absolute atomic E-state index is 0.531. The molecule has 0 amide bonds. The first-order valence-electron chi connectivity index (χ1n) is 4.06. The van der Waals surface area contributed by atoms with Gasteiger partial charge in [0.2, 0.25) is 0 Å². The van der Waals surface area contributed by atoms with Gasteiger partial charge in [-0.15, -0.1) is 0 Å². The summed E-state index contributed by atoms with van der Waals surface area (Å²) in [6.07, 6.45) is 0.777. The third-order valence-electron chi connectivity index (χ3n) is 2.24. The van der Waals surface area contributed by atoms with Gasteiger partial charge >= 0.3 is 0 Å². The number of benzene rings is 1. The number of fused-ring (bicyclic) bond motifs is 1. The molecule has 0 aliphatic heterocycles. The van der Waals surface area contributed by atoms with Crippen molar-refractivity contribution in [3.63, 3.8) is 0 Å². The molecule has 0 aliphatic rings. The molecule has 1 aromatic heterocycles. The number of nitrogens with one attached hydrogen (secondary N) is 1. The molecule has 0 bridgehead atoms. The number of aromatic amines is 1. The minimum Gasteiger partial charge on any atom is -0.351 e. The molecule has 1 heterocycles. The number of aryl methyl sites for hydroxylation is 1. The second-order valence-corrected chi connectivity index (χ2v) is 3.94. The number of hydrogen-bond donors (Lipinski definition) is 1. The maximum Gasteiger partial charge on any atom is 0.166 e. The monoisotopic (exact) mass is 227 g/mol. The van der Waals surface area contributed by atoms with Gasteiger partial charge in [-0.3, -0.25) is 4.79 Å². The van der Waals surface area contributed by atoms with Gasteiger partial charge in [0.25, 0.3) is 0 Å². The SMILES string of the molecule is Cc1c(C=O)[nH]c2c(Cl)cc(Cl)cc12. The van der Waals surface area contributed by atoms with Crippen LogP contribution in [0.5, 0.6) is 0 Å². The topological polar surface area (TPSA) is 32.9 Å². The molecule has 0 spiro atoms. The number of H-pyrrole nitrogens is 1. The van der Waals surface area contributed by atoms with Gasteiger partial charge in [-0.25, -0.2) is 0 Å². The van der Waals surface area contributed by atoms with Crippen LogP contribution in [0.1, 0.15) is 16.1 Å². The summed E-state index contributed by atoms with van der Waals surface area (Å²) in [5.41, 5.74) is 2.18. The number of carbonyl (C=O) groups is 1. The van der Waals surface area contributed by atoms with Crippen molar-refractivity contribution in [1.82, 2.24) is 4.98 Å². The summed E-state index contributed by atoms with van der Waals surface area (Å²) in [4.78, 5) is 13.6. The molecule has 72 valence electrons. The molecule has 2 aromatic rings. The van der Waals surface area contributed by atoms with Crippen molar-refractivity contribution in [2.24, 2.45) is 0 Å². The van der Waals surface area contributed by atoms with Crippen molar-refractivity contribution >= 4 is 40.4 Å². The summed E-state index contributed by atoms with van der Waals surface area (Å²) in [5.74, 6) is 0. The van der Waals surface area contributed by atoms with Gasteiger partial charge in [-0.2, -0.15) is 0 Å². The molecular weight excluding hydrogens is 221 g/mol. The highest BCUT2D eigenvalue weighted by atomic mass is 35.5. The van der Waals surface area contributed by atoms with Gasteiger partial charge in [0.05, 0.1) is 16.2 Å². The van der Waals surface area contributed by atoms with E-state index in [1.165, 1.54) is 0 Å². The molecule has 1 aromatic carbocycles. The summed E-state index contributed by atoms with van der Waals surface area (Å²) < 4.78 is 0. The summed E-state index contributed by atoms with van der Waals surface area (Å²) in [6, 6.07) is 3.44. The van der Waals surface area contributed by atoms with Crippen LogP contribution in [0.2, 0.25) is 10.0 Å². The number of carbonyl (C=O) groups excluding carboxylic acids is 1. The summed E-state index contributed by atoms with van der Waals surface area (Å²) in [6.45, 7) is 1.86. The van der Waals surface area contributed by atoms with E-state index in [1.807, 2.05) is 6.92 Å². The standard InChI is InChI=1S/C10H7Cl2NO/c1-5-7-2-6(11)3-8(12)10(7)13-9(5)4-14/h2-4,13H,1H3. The van der Waals surface area contributed by atoms with Crippen LogP contribution in [0.25, 0.3) is 10.9 Å². The van der Waals surface area contributed by atoms with Crippen LogP contribution in [0.15, 0.2) is 12.1 Å². The Morgan fingerprint density at radius 3 is 2.71 bits per heavy atom. The van der Waals surface area contributed by atoms with E-state index in [4.69, 9.17) is 23.2 Å². The fourth-order valence-corrected chi connectivity index (χ4v) is 2.03. The Hall–Kier alpha value is -0.990. The predicted octanol–water partition coefficient (Wildman–Crippen LogP) is 3.60. The lowest BCUT2D eigenvalue weighted by Gasteiger charge is -1.95. The fourth-order valence-electron chi connectivity index (χ4n) is 1.49. The van der Waals surface area contributed by atoms with Crippen LogP contribution in [-0.4, -0.2) is 11.3 Å². The Kier molecular flexibility index (Phi) is 2.25. The van der Waals surface area contributed by atoms with Crippen molar-refractivity contribution in [1.29, 1.82) is 0 Å². The molecule has 14 heavy (non-hydrogen) atoms. The van der Waals surface area contributed by atoms with E-state index in [1.54, 1.807) is 12.1 Å². The molecule has 0 saturated heterocycles. The average Bonchev–Trinajstić information content (AvgIpc) is 2.44. The van der Waals surface area contributed by atoms with Gasteiger partial charge < -0.3 is 4.98 Å².